The van der Waals surface area contributed by atoms with Crippen molar-refractivity contribution in [3.05, 3.63) is 35.1 Å². The molecule has 0 bridgehead atoms. The zero-order valence-corrected chi connectivity index (χ0v) is 13.8. The van der Waals surface area contributed by atoms with E-state index in [1.165, 1.54) is 6.07 Å². The monoisotopic (exact) mass is 338 g/mol. The lowest BCUT2D eigenvalue weighted by Gasteiger charge is -2.46. The van der Waals surface area contributed by atoms with Gasteiger partial charge in [0.2, 0.25) is 0 Å². The fraction of sp³-hybridized carbons (Fsp3) is 0.600. The number of hydrogen-bond donors (Lipinski definition) is 0. The Morgan fingerprint density at radius 1 is 1.05 bits per heavy atom. The van der Waals surface area contributed by atoms with Crippen molar-refractivity contribution in [2.24, 2.45) is 5.41 Å². The van der Waals surface area contributed by atoms with E-state index >= 15 is 0 Å². The van der Waals surface area contributed by atoms with Crippen LogP contribution in [0.3, 0.4) is 0 Å². The average molecular weight is 338 g/mol. The largest absolute Gasteiger partial charge is 0.416 e. The average Bonchev–Trinajstić information content (AvgIpc) is 2.37. The van der Waals surface area contributed by atoms with Gasteiger partial charge in [-0.2, -0.15) is 13.2 Å². The highest BCUT2D eigenvalue weighted by Crippen LogP contribution is 2.60. The second-order valence-corrected chi connectivity index (χ2v) is 8.99. The van der Waals surface area contributed by atoms with E-state index < -0.39 is 21.6 Å². The molecule has 0 atom stereocenters. The van der Waals surface area contributed by atoms with Gasteiger partial charge in [0.25, 0.3) is 0 Å². The Morgan fingerprint density at radius 2 is 1.62 bits per heavy atom. The molecule has 0 N–H and O–H groups in total. The summed E-state index contributed by atoms with van der Waals surface area (Å²) in [5, 5.41) is 0. The van der Waals surface area contributed by atoms with Crippen molar-refractivity contribution in [1.82, 2.24) is 0 Å². The molecule has 1 fully saturated rings. The number of benzene rings is 1. The predicted molar refractivity (Wildman–Crippen MR) is 82.1 cm³/mol. The fourth-order valence-electron chi connectivity index (χ4n) is 2.48. The Balaban J connectivity index is 2.52. The molecule has 21 heavy (non-hydrogen) atoms. The van der Waals surface area contributed by atoms with Crippen molar-refractivity contribution in [3.63, 3.8) is 0 Å². The molecule has 1 aromatic carbocycles. The van der Waals surface area contributed by atoms with Gasteiger partial charge >= 0.3 is 6.18 Å². The van der Waals surface area contributed by atoms with Gasteiger partial charge in [-0.25, -0.2) is 4.39 Å². The molecule has 1 heterocycles. The van der Waals surface area contributed by atoms with E-state index in [9.17, 15) is 17.6 Å². The van der Waals surface area contributed by atoms with Crippen molar-refractivity contribution in [2.45, 2.75) is 37.4 Å². The molecule has 0 aromatic heterocycles. The van der Waals surface area contributed by atoms with Crippen LogP contribution in [-0.4, -0.2) is 11.5 Å². The zero-order chi connectivity index (χ0) is 15.9. The first-order chi connectivity index (χ1) is 9.58. The van der Waals surface area contributed by atoms with Crippen LogP contribution in [0.1, 0.15) is 38.3 Å². The summed E-state index contributed by atoms with van der Waals surface area (Å²) in [5.74, 6) is 1.02. The highest BCUT2D eigenvalue weighted by atomic mass is 32.2. The SMILES string of the molecule is CC(C)(C)C1(c2ccc(C(F)(F)F)cc2F)SCCCS1. The summed E-state index contributed by atoms with van der Waals surface area (Å²) in [6.07, 6.45) is -3.48. The molecule has 0 radical (unpaired) electrons. The van der Waals surface area contributed by atoms with Crippen LogP contribution in [-0.2, 0) is 10.3 Å². The summed E-state index contributed by atoms with van der Waals surface area (Å²) >= 11 is 3.28. The van der Waals surface area contributed by atoms with Crippen LogP contribution >= 0.6 is 23.5 Å². The molecule has 0 saturated carbocycles. The summed E-state index contributed by atoms with van der Waals surface area (Å²) in [5.41, 5.74) is -0.820. The van der Waals surface area contributed by atoms with Gasteiger partial charge in [0.05, 0.1) is 9.64 Å². The van der Waals surface area contributed by atoms with E-state index in [1.54, 1.807) is 23.5 Å². The van der Waals surface area contributed by atoms with E-state index in [4.69, 9.17) is 0 Å². The summed E-state index contributed by atoms with van der Waals surface area (Å²) in [7, 11) is 0. The maximum Gasteiger partial charge on any atom is 0.416 e. The lowest BCUT2D eigenvalue weighted by Crippen LogP contribution is -2.37. The van der Waals surface area contributed by atoms with Crippen molar-refractivity contribution >= 4 is 23.5 Å². The van der Waals surface area contributed by atoms with Gasteiger partial charge in [0.1, 0.15) is 5.82 Å². The second-order valence-electron chi connectivity index (χ2n) is 6.11. The van der Waals surface area contributed by atoms with Crippen LogP contribution in [0.2, 0.25) is 0 Å². The number of halogens is 4. The first-order valence-corrected chi connectivity index (χ1v) is 8.70. The number of thioether (sulfide) groups is 2. The highest BCUT2D eigenvalue weighted by molar-refractivity contribution is 8.18. The molecule has 2 rings (SSSR count). The van der Waals surface area contributed by atoms with Gasteiger partial charge in [0, 0.05) is 5.56 Å². The molecule has 6 heteroatoms. The van der Waals surface area contributed by atoms with Crippen molar-refractivity contribution in [2.75, 3.05) is 11.5 Å². The maximum absolute atomic E-state index is 14.4. The molecule has 0 nitrogen and oxygen atoms in total. The molecule has 0 amide bonds. The van der Waals surface area contributed by atoms with E-state index in [0.29, 0.717) is 11.6 Å². The molecule has 0 unspecified atom stereocenters. The Kier molecular flexibility index (Phi) is 4.60. The molecule has 1 saturated heterocycles. The fourth-order valence-corrected chi connectivity index (χ4v) is 6.16. The van der Waals surface area contributed by atoms with Gasteiger partial charge in [0.15, 0.2) is 0 Å². The highest BCUT2D eigenvalue weighted by Gasteiger charge is 2.47. The van der Waals surface area contributed by atoms with Crippen LogP contribution in [0.4, 0.5) is 17.6 Å². The van der Waals surface area contributed by atoms with Crippen LogP contribution in [0.5, 0.6) is 0 Å². The third-order valence-electron chi connectivity index (χ3n) is 3.54. The number of alkyl halides is 3. The normalized spacial score (nSPS) is 19.6. The van der Waals surface area contributed by atoms with E-state index in [1.807, 2.05) is 20.8 Å². The number of rotatable bonds is 1. The van der Waals surface area contributed by atoms with Gasteiger partial charge < -0.3 is 0 Å². The first kappa shape index (κ1) is 17.0. The topological polar surface area (TPSA) is 0 Å². The molecule has 1 aromatic rings. The Labute approximate surface area is 131 Å². The van der Waals surface area contributed by atoms with E-state index in [-0.39, 0.29) is 5.41 Å². The minimum Gasteiger partial charge on any atom is -0.207 e. The van der Waals surface area contributed by atoms with E-state index in [0.717, 1.165) is 24.0 Å². The summed E-state index contributed by atoms with van der Waals surface area (Å²) < 4.78 is 52.0. The first-order valence-electron chi connectivity index (χ1n) is 6.73. The summed E-state index contributed by atoms with van der Waals surface area (Å²) in [4.78, 5) is 0. The van der Waals surface area contributed by atoms with Gasteiger partial charge in [-0.3, -0.25) is 0 Å². The third-order valence-corrected chi connectivity index (χ3v) is 7.71. The summed E-state index contributed by atoms with van der Waals surface area (Å²) in [6.45, 7) is 6.03. The molecule has 0 aliphatic carbocycles. The smallest absolute Gasteiger partial charge is 0.207 e. The number of hydrogen-bond acceptors (Lipinski definition) is 2. The minimum atomic E-state index is -4.51. The van der Waals surface area contributed by atoms with E-state index in [2.05, 4.69) is 0 Å². The van der Waals surface area contributed by atoms with Gasteiger partial charge in [-0.1, -0.05) is 26.8 Å². The van der Waals surface area contributed by atoms with Crippen LogP contribution in [0.15, 0.2) is 18.2 Å². The summed E-state index contributed by atoms with van der Waals surface area (Å²) in [6, 6.07) is 2.93. The van der Waals surface area contributed by atoms with Crippen LogP contribution < -0.4 is 0 Å². The predicted octanol–water partition coefficient (Wildman–Crippen LogP) is 5.91. The third kappa shape index (κ3) is 3.21. The quantitative estimate of drug-likeness (QED) is 0.584. The standard InChI is InChI=1S/C15H18F4S2/c1-13(2,3)14(20-7-4-8-21-14)11-6-5-10(9-12(11)16)15(17,18)19/h5-6,9H,4,7-8H2,1-3H3. The van der Waals surface area contributed by atoms with Gasteiger partial charge in [-0.05, 0) is 35.5 Å². The Bertz CT molecular complexity index is 511. The van der Waals surface area contributed by atoms with Gasteiger partial charge in [-0.15, -0.1) is 23.5 Å². The molecule has 118 valence electrons. The second kappa shape index (κ2) is 5.69. The molecular formula is C15H18F4S2. The van der Waals surface area contributed by atoms with Crippen LogP contribution in [0.25, 0.3) is 0 Å². The Hall–Kier alpha value is -0.360. The minimum absolute atomic E-state index is 0.261. The van der Waals surface area contributed by atoms with Crippen LogP contribution in [0, 0.1) is 11.2 Å². The molecule has 1 aliphatic rings. The molecule has 1 aliphatic heterocycles. The molecule has 0 spiro atoms. The Morgan fingerprint density at radius 3 is 2.05 bits per heavy atom. The van der Waals surface area contributed by atoms with Crippen molar-refractivity contribution in [1.29, 1.82) is 0 Å². The zero-order valence-electron chi connectivity index (χ0n) is 12.2. The van der Waals surface area contributed by atoms with Crippen molar-refractivity contribution in [3.8, 4) is 0 Å². The molecular weight excluding hydrogens is 320 g/mol. The maximum atomic E-state index is 14.4. The lowest BCUT2D eigenvalue weighted by atomic mass is 9.86. The van der Waals surface area contributed by atoms with Crippen molar-refractivity contribution < 1.29 is 17.6 Å². The lowest BCUT2D eigenvalue weighted by molar-refractivity contribution is -0.137.